The Hall–Kier alpha value is -2.02. The smallest absolute Gasteiger partial charge is 0.251 e. The van der Waals surface area contributed by atoms with Gasteiger partial charge in [-0.1, -0.05) is 12.2 Å². The van der Waals surface area contributed by atoms with E-state index in [4.69, 9.17) is 9.47 Å². The van der Waals surface area contributed by atoms with E-state index in [2.05, 4.69) is 5.32 Å². The van der Waals surface area contributed by atoms with Crippen molar-refractivity contribution < 1.29 is 22.7 Å². The number of amides is 1. The van der Waals surface area contributed by atoms with E-state index in [1.54, 1.807) is 12.1 Å². The first-order chi connectivity index (χ1) is 10.9. The third-order valence-corrected chi connectivity index (χ3v) is 5.45. The number of nitrogens with one attached hydrogen (secondary N) is 1. The number of carbonyl (C=O) groups excluding carboxylic acids is 1. The Kier molecular flexibility index (Phi) is 5.30. The van der Waals surface area contributed by atoms with E-state index >= 15 is 0 Å². The van der Waals surface area contributed by atoms with Gasteiger partial charge in [0.15, 0.2) is 21.3 Å². The maximum atomic E-state index is 12.4. The normalized spacial score (nSPS) is 19.7. The number of rotatable bonds is 5. The van der Waals surface area contributed by atoms with E-state index in [0.29, 0.717) is 23.5 Å². The first-order valence-electron chi connectivity index (χ1n) is 7.30. The Morgan fingerprint density at radius 2 is 2.04 bits per heavy atom. The summed E-state index contributed by atoms with van der Waals surface area (Å²) in [5, 5.41) is 2.77. The average molecular weight is 339 g/mol. The lowest BCUT2D eigenvalue weighted by Crippen LogP contribution is -2.35. The number of carbonyl (C=O) groups is 1. The molecule has 1 saturated heterocycles. The molecular weight excluding hydrogens is 318 g/mol. The highest BCUT2D eigenvalue weighted by molar-refractivity contribution is 7.91. The van der Waals surface area contributed by atoms with Crippen LogP contribution in [0.25, 0.3) is 6.08 Å². The van der Waals surface area contributed by atoms with Gasteiger partial charge in [0.1, 0.15) is 0 Å². The fourth-order valence-electron chi connectivity index (χ4n) is 2.61. The van der Waals surface area contributed by atoms with Crippen LogP contribution in [0.1, 0.15) is 29.3 Å². The fraction of sp³-hybridized carbons (Fsp3) is 0.438. The second-order valence-electron chi connectivity index (χ2n) is 5.37. The second-order valence-corrected chi connectivity index (χ2v) is 7.60. The van der Waals surface area contributed by atoms with E-state index in [1.807, 2.05) is 19.1 Å². The van der Waals surface area contributed by atoms with Crippen LogP contribution in [0.2, 0.25) is 0 Å². The lowest BCUT2D eigenvalue weighted by molar-refractivity contribution is 0.0940. The standard InChI is InChI=1S/C16H21NO5S/c1-4-5-11-8-12(9-14(21-2)15(11)22-3)16(18)17-13-6-7-23(19,20)10-13/h4-5,8-9,13H,6-7,10H2,1-3H3,(H,17,18)/b5-4+. The monoisotopic (exact) mass is 339 g/mol. The molecule has 0 saturated carbocycles. The number of sulfone groups is 1. The zero-order valence-electron chi connectivity index (χ0n) is 13.5. The number of allylic oxidation sites excluding steroid dienone is 1. The van der Waals surface area contributed by atoms with Crippen molar-refractivity contribution in [1.82, 2.24) is 5.32 Å². The van der Waals surface area contributed by atoms with E-state index in [9.17, 15) is 13.2 Å². The minimum atomic E-state index is -3.03. The van der Waals surface area contributed by atoms with Gasteiger partial charge in [-0.2, -0.15) is 0 Å². The molecular formula is C16H21NO5S. The lowest BCUT2D eigenvalue weighted by Gasteiger charge is -2.15. The summed E-state index contributed by atoms with van der Waals surface area (Å²) in [5.41, 5.74) is 1.12. The Morgan fingerprint density at radius 3 is 2.57 bits per heavy atom. The van der Waals surface area contributed by atoms with Crippen LogP contribution in [0.15, 0.2) is 18.2 Å². The molecule has 2 rings (SSSR count). The molecule has 7 heteroatoms. The van der Waals surface area contributed by atoms with Crippen molar-refractivity contribution in [2.24, 2.45) is 0 Å². The zero-order chi connectivity index (χ0) is 17.0. The summed E-state index contributed by atoms with van der Waals surface area (Å²) in [5.74, 6) is 0.790. The van der Waals surface area contributed by atoms with Crippen LogP contribution >= 0.6 is 0 Å². The summed E-state index contributed by atoms with van der Waals surface area (Å²) >= 11 is 0. The summed E-state index contributed by atoms with van der Waals surface area (Å²) in [6.45, 7) is 1.86. The molecule has 1 aliphatic heterocycles. The topological polar surface area (TPSA) is 81.7 Å². The minimum absolute atomic E-state index is 0.00620. The van der Waals surface area contributed by atoms with Crippen LogP contribution in [0, 0.1) is 0 Å². The first-order valence-corrected chi connectivity index (χ1v) is 9.12. The van der Waals surface area contributed by atoms with Crippen molar-refractivity contribution >= 4 is 21.8 Å². The second kappa shape index (κ2) is 7.04. The van der Waals surface area contributed by atoms with Crippen molar-refractivity contribution in [3.8, 4) is 11.5 Å². The van der Waals surface area contributed by atoms with Crippen molar-refractivity contribution in [3.05, 3.63) is 29.3 Å². The number of hydrogen-bond acceptors (Lipinski definition) is 5. The molecule has 0 aliphatic carbocycles. The van der Waals surface area contributed by atoms with Crippen LogP contribution in [0.3, 0.4) is 0 Å². The van der Waals surface area contributed by atoms with Gasteiger partial charge in [-0.15, -0.1) is 0 Å². The van der Waals surface area contributed by atoms with Crippen LogP contribution in [0.5, 0.6) is 11.5 Å². The van der Waals surface area contributed by atoms with Crippen LogP contribution in [-0.4, -0.2) is 46.1 Å². The fourth-order valence-corrected chi connectivity index (χ4v) is 4.28. The van der Waals surface area contributed by atoms with Gasteiger partial charge >= 0.3 is 0 Å². The van der Waals surface area contributed by atoms with Crippen molar-refractivity contribution in [1.29, 1.82) is 0 Å². The summed E-state index contributed by atoms with van der Waals surface area (Å²) in [6.07, 6.45) is 4.10. The van der Waals surface area contributed by atoms with E-state index in [-0.39, 0.29) is 23.5 Å². The molecule has 1 atom stereocenters. The SMILES string of the molecule is C/C=C/c1cc(C(=O)NC2CCS(=O)(=O)C2)cc(OC)c1OC. The Bertz CT molecular complexity index is 724. The van der Waals surface area contributed by atoms with Gasteiger partial charge in [-0.3, -0.25) is 4.79 Å². The van der Waals surface area contributed by atoms with Gasteiger partial charge in [0.2, 0.25) is 0 Å². The van der Waals surface area contributed by atoms with Crippen molar-refractivity contribution in [3.63, 3.8) is 0 Å². The Morgan fingerprint density at radius 1 is 1.30 bits per heavy atom. The molecule has 1 aromatic carbocycles. The first kappa shape index (κ1) is 17.3. The highest BCUT2D eigenvalue weighted by Crippen LogP contribution is 2.33. The molecule has 1 amide bonds. The summed E-state index contributed by atoms with van der Waals surface area (Å²) < 4.78 is 33.6. The minimum Gasteiger partial charge on any atom is -0.493 e. The maximum absolute atomic E-state index is 12.4. The number of ether oxygens (including phenoxy) is 2. The zero-order valence-corrected chi connectivity index (χ0v) is 14.3. The van der Waals surface area contributed by atoms with Crippen LogP contribution in [0.4, 0.5) is 0 Å². The highest BCUT2D eigenvalue weighted by Gasteiger charge is 2.29. The Balaban J connectivity index is 2.28. The number of benzene rings is 1. The lowest BCUT2D eigenvalue weighted by atomic mass is 10.1. The van der Waals surface area contributed by atoms with Crippen molar-refractivity contribution in [2.75, 3.05) is 25.7 Å². The predicted molar refractivity (Wildman–Crippen MR) is 88.8 cm³/mol. The van der Waals surface area contributed by atoms with Gasteiger partial charge in [0.05, 0.1) is 25.7 Å². The van der Waals surface area contributed by atoms with Gasteiger partial charge in [0.25, 0.3) is 5.91 Å². The maximum Gasteiger partial charge on any atom is 0.251 e. The average Bonchev–Trinajstić information content (AvgIpc) is 2.85. The molecule has 0 bridgehead atoms. The van der Waals surface area contributed by atoms with Crippen LogP contribution in [-0.2, 0) is 9.84 Å². The van der Waals surface area contributed by atoms with E-state index < -0.39 is 9.84 Å². The molecule has 0 spiro atoms. The highest BCUT2D eigenvalue weighted by atomic mass is 32.2. The third kappa shape index (κ3) is 4.04. The molecule has 0 aromatic heterocycles. The van der Waals surface area contributed by atoms with E-state index in [1.165, 1.54) is 14.2 Å². The largest absolute Gasteiger partial charge is 0.493 e. The van der Waals surface area contributed by atoms with Gasteiger partial charge in [0, 0.05) is 17.2 Å². The molecule has 1 fully saturated rings. The molecule has 23 heavy (non-hydrogen) atoms. The number of hydrogen-bond donors (Lipinski definition) is 1. The summed E-state index contributed by atoms with van der Waals surface area (Å²) in [7, 11) is 0.00406. The summed E-state index contributed by atoms with van der Waals surface area (Å²) in [4.78, 5) is 12.4. The molecule has 1 heterocycles. The van der Waals surface area contributed by atoms with Crippen molar-refractivity contribution in [2.45, 2.75) is 19.4 Å². The van der Waals surface area contributed by atoms with Gasteiger partial charge < -0.3 is 14.8 Å². The molecule has 6 nitrogen and oxygen atoms in total. The molecule has 1 N–H and O–H groups in total. The molecule has 1 aliphatic rings. The van der Waals surface area contributed by atoms with E-state index in [0.717, 1.165) is 5.56 Å². The molecule has 0 radical (unpaired) electrons. The van der Waals surface area contributed by atoms with Gasteiger partial charge in [-0.25, -0.2) is 8.42 Å². The Labute approximate surface area is 136 Å². The molecule has 1 unspecified atom stereocenters. The number of methoxy groups -OCH3 is 2. The molecule has 1 aromatic rings. The predicted octanol–water partition coefficient (Wildman–Crippen LogP) is 1.65. The van der Waals surface area contributed by atoms with Crippen LogP contribution < -0.4 is 14.8 Å². The quantitative estimate of drug-likeness (QED) is 0.882. The molecule has 126 valence electrons. The third-order valence-electron chi connectivity index (χ3n) is 3.68. The van der Waals surface area contributed by atoms with Gasteiger partial charge in [-0.05, 0) is 25.5 Å². The summed E-state index contributed by atoms with van der Waals surface area (Å²) in [6, 6.07) is 2.94.